The Labute approximate surface area is 158 Å². The molecule has 3 heteroatoms. The lowest BCUT2D eigenvalue weighted by atomic mass is 10.1. The second-order valence-electron chi connectivity index (χ2n) is 6.54. The van der Waals surface area contributed by atoms with E-state index in [-0.39, 0.29) is 0 Å². The van der Waals surface area contributed by atoms with Gasteiger partial charge in [0.2, 0.25) is 0 Å². The van der Waals surface area contributed by atoms with Crippen LogP contribution in [0.1, 0.15) is 30.2 Å². The maximum atomic E-state index is 6.00. The average Bonchev–Trinajstić information content (AvgIpc) is 3.10. The van der Waals surface area contributed by atoms with E-state index in [4.69, 9.17) is 4.42 Å². The Bertz CT molecular complexity index is 810. The van der Waals surface area contributed by atoms with Gasteiger partial charge < -0.3 is 9.73 Å². The third-order valence-corrected chi connectivity index (χ3v) is 5.33. The van der Waals surface area contributed by atoms with Crippen molar-refractivity contribution in [3.05, 3.63) is 82.0 Å². The van der Waals surface area contributed by atoms with Gasteiger partial charge in [-0.05, 0) is 62.1 Å². The summed E-state index contributed by atoms with van der Waals surface area (Å²) in [6.07, 6.45) is 2.21. The van der Waals surface area contributed by atoms with Crippen LogP contribution in [0.4, 0.5) is 0 Å². The fourth-order valence-electron chi connectivity index (χ4n) is 2.83. The van der Waals surface area contributed by atoms with Crippen LogP contribution in [0.5, 0.6) is 0 Å². The van der Waals surface area contributed by atoms with Crippen molar-refractivity contribution in [3.8, 4) is 11.3 Å². The highest BCUT2D eigenvalue weighted by atomic mass is 79.9. The van der Waals surface area contributed by atoms with E-state index >= 15 is 0 Å². The van der Waals surface area contributed by atoms with Gasteiger partial charge in [0.15, 0.2) is 0 Å². The molecule has 0 saturated carbocycles. The molecule has 0 aliphatic carbocycles. The number of hydrogen-bond donors (Lipinski definition) is 1. The first-order valence-electron chi connectivity index (χ1n) is 8.74. The molecule has 130 valence electrons. The molecule has 1 N–H and O–H groups in total. The maximum Gasteiger partial charge on any atom is 0.134 e. The molecule has 0 spiro atoms. The van der Waals surface area contributed by atoms with Gasteiger partial charge in [0.25, 0.3) is 0 Å². The van der Waals surface area contributed by atoms with E-state index in [0.717, 1.165) is 40.9 Å². The summed E-state index contributed by atoms with van der Waals surface area (Å²) in [6, 6.07) is 21.5. The van der Waals surface area contributed by atoms with Crippen LogP contribution in [0, 0.1) is 6.92 Å². The fraction of sp³-hybridized carbons (Fsp3) is 0.273. The summed E-state index contributed by atoms with van der Waals surface area (Å²) in [5.74, 6) is 1.89. The summed E-state index contributed by atoms with van der Waals surface area (Å²) in [7, 11) is 0. The van der Waals surface area contributed by atoms with E-state index in [2.05, 4.69) is 89.7 Å². The predicted molar refractivity (Wildman–Crippen MR) is 108 cm³/mol. The van der Waals surface area contributed by atoms with Crippen LogP contribution in [-0.2, 0) is 13.0 Å². The lowest BCUT2D eigenvalue weighted by molar-refractivity contribution is 0.449. The van der Waals surface area contributed by atoms with Gasteiger partial charge in [0, 0.05) is 16.1 Å². The van der Waals surface area contributed by atoms with Crippen molar-refractivity contribution >= 4 is 15.9 Å². The van der Waals surface area contributed by atoms with E-state index in [0.29, 0.717) is 6.04 Å². The number of nitrogens with one attached hydrogen (secondary N) is 1. The predicted octanol–water partition coefficient (Wildman–Crippen LogP) is 6.13. The van der Waals surface area contributed by atoms with Gasteiger partial charge in [-0.25, -0.2) is 0 Å². The molecule has 0 aliphatic heterocycles. The summed E-state index contributed by atoms with van der Waals surface area (Å²) < 4.78 is 7.12. The molecule has 2 aromatic carbocycles. The molecule has 1 aromatic heterocycles. The first-order valence-corrected chi connectivity index (χ1v) is 9.53. The highest BCUT2D eigenvalue weighted by Gasteiger charge is 2.08. The fourth-order valence-corrected chi connectivity index (χ4v) is 3.08. The molecular formula is C22H24BrNO. The molecule has 0 amide bonds. The van der Waals surface area contributed by atoms with Crippen LogP contribution in [0.15, 0.2) is 69.6 Å². The molecule has 0 saturated heterocycles. The minimum atomic E-state index is 0.448. The van der Waals surface area contributed by atoms with Crippen molar-refractivity contribution in [2.24, 2.45) is 0 Å². The van der Waals surface area contributed by atoms with Gasteiger partial charge in [0.1, 0.15) is 11.5 Å². The Balaban J connectivity index is 1.52. The Hall–Kier alpha value is -1.84. The molecule has 0 bridgehead atoms. The molecule has 3 aromatic rings. The zero-order valence-corrected chi connectivity index (χ0v) is 16.3. The molecule has 2 nitrogen and oxygen atoms in total. The average molecular weight is 398 g/mol. The summed E-state index contributed by atoms with van der Waals surface area (Å²) in [4.78, 5) is 0. The number of halogens is 1. The molecule has 1 heterocycles. The number of hydrogen-bond acceptors (Lipinski definition) is 2. The van der Waals surface area contributed by atoms with Gasteiger partial charge in [0.05, 0.1) is 6.54 Å². The minimum Gasteiger partial charge on any atom is -0.460 e. The second kappa shape index (κ2) is 8.50. The molecule has 25 heavy (non-hydrogen) atoms. The van der Waals surface area contributed by atoms with Crippen LogP contribution >= 0.6 is 15.9 Å². The highest BCUT2D eigenvalue weighted by molar-refractivity contribution is 9.10. The summed E-state index contributed by atoms with van der Waals surface area (Å²) in [5.41, 5.74) is 3.72. The van der Waals surface area contributed by atoms with Gasteiger partial charge >= 0.3 is 0 Å². The molecule has 1 atom stereocenters. The van der Waals surface area contributed by atoms with Crippen molar-refractivity contribution in [1.82, 2.24) is 5.32 Å². The summed E-state index contributed by atoms with van der Waals surface area (Å²) >= 11 is 3.54. The molecule has 0 fully saturated rings. The zero-order chi connectivity index (χ0) is 17.6. The zero-order valence-electron chi connectivity index (χ0n) is 14.8. The molecule has 0 radical (unpaired) electrons. The first kappa shape index (κ1) is 18.0. The van der Waals surface area contributed by atoms with Crippen molar-refractivity contribution in [2.75, 3.05) is 0 Å². The van der Waals surface area contributed by atoms with Crippen molar-refractivity contribution in [2.45, 2.75) is 39.3 Å². The quantitative estimate of drug-likeness (QED) is 0.518. The monoisotopic (exact) mass is 397 g/mol. The van der Waals surface area contributed by atoms with Crippen molar-refractivity contribution in [3.63, 3.8) is 0 Å². The van der Waals surface area contributed by atoms with Gasteiger partial charge in [-0.3, -0.25) is 0 Å². The Kier molecular flexibility index (Phi) is 6.11. The number of furan rings is 1. The van der Waals surface area contributed by atoms with E-state index < -0.39 is 0 Å². The highest BCUT2D eigenvalue weighted by Crippen LogP contribution is 2.26. The standard InChI is InChI=1S/C22H24BrNO/c1-16-14-19(10-12-21(16)23)22-13-11-20(25-22)15-24-17(2)8-9-18-6-4-3-5-7-18/h3-7,10-14,17,24H,8-9,15H2,1-2H3/t17-/m0/s1. The normalized spacial score (nSPS) is 12.3. The minimum absolute atomic E-state index is 0.448. The van der Waals surface area contributed by atoms with Gasteiger partial charge in [-0.15, -0.1) is 0 Å². The third-order valence-electron chi connectivity index (χ3n) is 4.44. The second-order valence-corrected chi connectivity index (χ2v) is 7.39. The Morgan fingerprint density at radius 3 is 2.60 bits per heavy atom. The van der Waals surface area contributed by atoms with Crippen LogP contribution in [0.2, 0.25) is 0 Å². The van der Waals surface area contributed by atoms with E-state index in [1.165, 1.54) is 11.1 Å². The van der Waals surface area contributed by atoms with Crippen LogP contribution < -0.4 is 5.32 Å². The van der Waals surface area contributed by atoms with Crippen molar-refractivity contribution < 1.29 is 4.42 Å². The Morgan fingerprint density at radius 2 is 1.84 bits per heavy atom. The molecular weight excluding hydrogens is 374 g/mol. The summed E-state index contributed by atoms with van der Waals surface area (Å²) in [5, 5.41) is 3.55. The number of aryl methyl sites for hydroxylation is 2. The number of benzene rings is 2. The van der Waals surface area contributed by atoms with Crippen LogP contribution in [-0.4, -0.2) is 6.04 Å². The molecule has 0 aliphatic rings. The van der Waals surface area contributed by atoms with Crippen molar-refractivity contribution in [1.29, 1.82) is 0 Å². The van der Waals surface area contributed by atoms with E-state index in [9.17, 15) is 0 Å². The van der Waals surface area contributed by atoms with Crippen LogP contribution in [0.3, 0.4) is 0 Å². The summed E-state index contributed by atoms with van der Waals surface area (Å²) in [6.45, 7) is 5.07. The largest absolute Gasteiger partial charge is 0.460 e. The third kappa shape index (κ3) is 5.07. The molecule has 3 rings (SSSR count). The van der Waals surface area contributed by atoms with Crippen LogP contribution in [0.25, 0.3) is 11.3 Å². The van der Waals surface area contributed by atoms with Gasteiger partial charge in [-0.2, -0.15) is 0 Å². The lowest BCUT2D eigenvalue weighted by Gasteiger charge is -2.12. The SMILES string of the molecule is Cc1cc(-c2ccc(CN[C@@H](C)CCc3ccccc3)o2)ccc1Br. The first-order chi connectivity index (χ1) is 12.1. The van der Waals surface area contributed by atoms with Gasteiger partial charge in [-0.1, -0.05) is 52.3 Å². The Morgan fingerprint density at radius 1 is 1.04 bits per heavy atom. The van der Waals surface area contributed by atoms with E-state index in [1.807, 2.05) is 6.07 Å². The smallest absolute Gasteiger partial charge is 0.134 e. The lowest BCUT2D eigenvalue weighted by Crippen LogP contribution is -2.25. The topological polar surface area (TPSA) is 25.2 Å². The molecule has 0 unspecified atom stereocenters. The maximum absolute atomic E-state index is 6.00. The number of rotatable bonds is 7. The van der Waals surface area contributed by atoms with E-state index in [1.54, 1.807) is 0 Å².